The molecule has 3 aromatic carbocycles. The highest BCUT2D eigenvalue weighted by molar-refractivity contribution is 5.84. The van der Waals surface area contributed by atoms with Crippen LogP contribution in [0.1, 0.15) is 22.4 Å². The van der Waals surface area contributed by atoms with E-state index in [-0.39, 0.29) is 11.6 Å². The third-order valence-corrected chi connectivity index (χ3v) is 6.06. The Bertz CT molecular complexity index is 1440. The average Bonchev–Trinajstić information content (AvgIpc) is 3.36. The zero-order chi connectivity index (χ0) is 22.8. The van der Waals surface area contributed by atoms with Crippen LogP contribution in [0.25, 0.3) is 22.0 Å². The second-order valence-corrected chi connectivity index (χ2v) is 8.29. The molecule has 0 aliphatic heterocycles. The minimum atomic E-state index is -0.318. The van der Waals surface area contributed by atoms with E-state index in [0.29, 0.717) is 25.2 Å². The topological polar surface area (TPSA) is 99.8 Å². The smallest absolute Gasteiger partial charge is 0.328 e. The number of aromatic nitrogens is 3. The highest BCUT2D eigenvalue weighted by Gasteiger charge is 2.15. The fourth-order valence-corrected chi connectivity index (χ4v) is 4.30. The SMILES string of the molecule is NCCc1c[nH]c2ccc(Cc3[nH]c(=O)n(Cc4ccc(-c5ccccc5)cc4)c3O)cc12. The molecule has 166 valence electrons. The van der Waals surface area contributed by atoms with Crippen molar-refractivity contribution >= 4 is 10.9 Å². The molecule has 2 aromatic heterocycles. The molecule has 0 atom stereocenters. The van der Waals surface area contributed by atoms with E-state index in [1.165, 1.54) is 10.1 Å². The summed E-state index contributed by atoms with van der Waals surface area (Å²) in [5.74, 6) is -0.0246. The predicted octanol–water partition coefficient (Wildman–Crippen LogP) is 4.17. The van der Waals surface area contributed by atoms with Gasteiger partial charge in [-0.15, -0.1) is 0 Å². The highest BCUT2D eigenvalue weighted by Crippen LogP contribution is 2.24. The lowest BCUT2D eigenvalue weighted by molar-refractivity contribution is 0.417. The van der Waals surface area contributed by atoms with Crippen LogP contribution in [0.4, 0.5) is 0 Å². The Hall–Kier alpha value is -4.03. The van der Waals surface area contributed by atoms with Crippen LogP contribution in [0.3, 0.4) is 0 Å². The lowest BCUT2D eigenvalue weighted by Crippen LogP contribution is -2.17. The number of nitrogens with zero attached hydrogens (tertiary/aromatic N) is 1. The zero-order valence-electron chi connectivity index (χ0n) is 18.2. The summed E-state index contributed by atoms with van der Waals surface area (Å²) in [6.45, 7) is 0.883. The normalized spacial score (nSPS) is 11.3. The summed E-state index contributed by atoms with van der Waals surface area (Å²) in [5, 5.41) is 11.9. The molecule has 0 saturated carbocycles. The van der Waals surface area contributed by atoms with Gasteiger partial charge in [-0.25, -0.2) is 4.79 Å². The molecule has 5 aromatic rings. The molecule has 0 amide bonds. The molecule has 0 bridgehead atoms. The van der Waals surface area contributed by atoms with Gasteiger partial charge in [0.25, 0.3) is 0 Å². The number of H-pyrrole nitrogens is 2. The van der Waals surface area contributed by atoms with Gasteiger partial charge < -0.3 is 20.8 Å². The predicted molar refractivity (Wildman–Crippen MR) is 132 cm³/mol. The quantitative estimate of drug-likeness (QED) is 0.307. The van der Waals surface area contributed by atoms with Crippen molar-refractivity contribution in [1.29, 1.82) is 0 Å². The standard InChI is InChI=1S/C27H26N4O2/c28-13-12-22-16-29-24-11-8-19(14-23(22)24)15-25-26(32)31(27(33)30-25)17-18-6-9-21(10-7-18)20-4-2-1-3-5-20/h1-11,14,16,29,32H,12-13,15,17,28H2,(H,30,33). The second-order valence-electron chi connectivity index (χ2n) is 8.29. The maximum absolute atomic E-state index is 12.6. The third kappa shape index (κ3) is 4.21. The number of fused-ring (bicyclic) bond motifs is 1. The lowest BCUT2D eigenvalue weighted by Gasteiger charge is -2.07. The van der Waals surface area contributed by atoms with Gasteiger partial charge in [0.1, 0.15) is 0 Å². The summed E-state index contributed by atoms with van der Waals surface area (Å²) in [6, 6.07) is 24.3. The first-order valence-electron chi connectivity index (χ1n) is 11.1. The molecule has 2 heterocycles. The zero-order valence-corrected chi connectivity index (χ0v) is 18.2. The second kappa shape index (κ2) is 8.84. The van der Waals surface area contributed by atoms with Gasteiger partial charge in [-0.05, 0) is 52.9 Å². The first kappa shape index (κ1) is 20.8. The van der Waals surface area contributed by atoms with Crippen molar-refractivity contribution in [2.75, 3.05) is 6.54 Å². The molecule has 0 aliphatic carbocycles. The molecule has 6 nitrogen and oxygen atoms in total. The van der Waals surface area contributed by atoms with Crippen LogP contribution >= 0.6 is 0 Å². The van der Waals surface area contributed by atoms with E-state index in [1.807, 2.05) is 60.8 Å². The van der Waals surface area contributed by atoms with E-state index in [0.717, 1.165) is 39.6 Å². The summed E-state index contributed by atoms with van der Waals surface area (Å²) in [5.41, 5.74) is 12.3. The van der Waals surface area contributed by atoms with Gasteiger partial charge in [0.2, 0.25) is 5.88 Å². The van der Waals surface area contributed by atoms with Crippen molar-refractivity contribution in [3.8, 4) is 17.0 Å². The van der Waals surface area contributed by atoms with E-state index in [1.54, 1.807) is 0 Å². The molecule has 0 saturated heterocycles. The number of imidazole rings is 1. The van der Waals surface area contributed by atoms with Gasteiger partial charge in [0.15, 0.2) is 0 Å². The van der Waals surface area contributed by atoms with Gasteiger partial charge in [0.05, 0.1) is 12.2 Å². The van der Waals surface area contributed by atoms with Crippen molar-refractivity contribution in [2.24, 2.45) is 5.73 Å². The lowest BCUT2D eigenvalue weighted by atomic mass is 10.0. The fourth-order valence-electron chi connectivity index (χ4n) is 4.30. The van der Waals surface area contributed by atoms with Crippen molar-refractivity contribution in [2.45, 2.75) is 19.4 Å². The largest absolute Gasteiger partial charge is 0.493 e. The van der Waals surface area contributed by atoms with Gasteiger partial charge in [-0.3, -0.25) is 4.57 Å². The van der Waals surface area contributed by atoms with E-state index in [2.05, 4.69) is 28.2 Å². The number of hydrogen-bond donors (Lipinski definition) is 4. The van der Waals surface area contributed by atoms with Gasteiger partial charge in [-0.1, -0.05) is 60.7 Å². The summed E-state index contributed by atoms with van der Waals surface area (Å²) >= 11 is 0. The van der Waals surface area contributed by atoms with E-state index in [9.17, 15) is 9.90 Å². The maximum Gasteiger partial charge on any atom is 0.328 e. The van der Waals surface area contributed by atoms with Crippen LogP contribution in [-0.4, -0.2) is 26.2 Å². The van der Waals surface area contributed by atoms with E-state index >= 15 is 0 Å². The molecule has 6 heteroatoms. The number of rotatable bonds is 7. The van der Waals surface area contributed by atoms with Crippen LogP contribution < -0.4 is 11.4 Å². The molecule has 5 rings (SSSR count). The van der Waals surface area contributed by atoms with Crippen LogP contribution in [0.2, 0.25) is 0 Å². The molecule has 0 radical (unpaired) electrons. The first-order valence-corrected chi connectivity index (χ1v) is 11.1. The Morgan fingerprint density at radius 2 is 1.64 bits per heavy atom. The van der Waals surface area contributed by atoms with Crippen molar-refractivity contribution < 1.29 is 5.11 Å². The Morgan fingerprint density at radius 3 is 2.39 bits per heavy atom. The minimum Gasteiger partial charge on any atom is -0.493 e. The Morgan fingerprint density at radius 1 is 0.909 bits per heavy atom. The van der Waals surface area contributed by atoms with Crippen LogP contribution in [0, 0.1) is 0 Å². The van der Waals surface area contributed by atoms with E-state index < -0.39 is 0 Å². The summed E-state index contributed by atoms with van der Waals surface area (Å²) in [7, 11) is 0. The Balaban J connectivity index is 1.37. The Kier molecular flexibility index (Phi) is 5.59. The number of aromatic hydroxyl groups is 1. The number of nitrogens with one attached hydrogen (secondary N) is 2. The van der Waals surface area contributed by atoms with Crippen LogP contribution in [0.15, 0.2) is 83.8 Å². The van der Waals surface area contributed by atoms with Gasteiger partial charge in [-0.2, -0.15) is 0 Å². The Labute approximate surface area is 191 Å². The third-order valence-electron chi connectivity index (χ3n) is 6.06. The number of hydrogen-bond acceptors (Lipinski definition) is 3. The van der Waals surface area contributed by atoms with Crippen molar-refractivity contribution in [1.82, 2.24) is 14.5 Å². The molecular weight excluding hydrogens is 412 g/mol. The van der Waals surface area contributed by atoms with Gasteiger partial charge in [0, 0.05) is 23.5 Å². The molecule has 0 unspecified atom stereocenters. The maximum atomic E-state index is 12.6. The number of aromatic amines is 2. The first-order chi connectivity index (χ1) is 16.1. The minimum absolute atomic E-state index is 0.0246. The number of benzene rings is 3. The average molecular weight is 439 g/mol. The monoisotopic (exact) mass is 438 g/mol. The van der Waals surface area contributed by atoms with Crippen molar-refractivity contribution in [3.05, 3.63) is 112 Å². The van der Waals surface area contributed by atoms with Crippen molar-refractivity contribution in [3.63, 3.8) is 0 Å². The summed E-state index contributed by atoms with van der Waals surface area (Å²) in [6.07, 6.45) is 3.22. The number of nitrogens with two attached hydrogens (primary N) is 1. The van der Waals surface area contributed by atoms with Crippen LogP contribution in [0.5, 0.6) is 5.88 Å². The summed E-state index contributed by atoms with van der Waals surface area (Å²) in [4.78, 5) is 18.7. The molecule has 5 N–H and O–H groups in total. The fraction of sp³-hybridized carbons (Fsp3) is 0.148. The molecule has 0 spiro atoms. The molecular formula is C27H26N4O2. The summed E-state index contributed by atoms with van der Waals surface area (Å²) < 4.78 is 1.38. The van der Waals surface area contributed by atoms with E-state index in [4.69, 9.17) is 5.73 Å². The highest BCUT2D eigenvalue weighted by atomic mass is 16.3. The van der Waals surface area contributed by atoms with Gasteiger partial charge >= 0.3 is 5.69 Å². The van der Waals surface area contributed by atoms with Crippen LogP contribution in [-0.2, 0) is 19.4 Å². The molecule has 33 heavy (non-hydrogen) atoms. The molecule has 0 fully saturated rings. The molecule has 0 aliphatic rings.